The summed E-state index contributed by atoms with van der Waals surface area (Å²) >= 11 is 1.49. The highest BCUT2D eigenvalue weighted by molar-refractivity contribution is 7.18. The summed E-state index contributed by atoms with van der Waals surface area (Å²) in [5.41, 5.74) is 1.79. The minimum atomic E-state index is -1.20. The van der Waals surface area contributed by atoms with E-state index in [1.807, 2.05) is 6.07 Å². The summed E-state index contributed by atoms with van der Waals surface area (Å²) in [4.78, 5) is 39.0. The maximum atomic E-state index is 13.0. The van der Waals surface area contributed by atoms with Crippen molar-refractivity contribution in [3.05, 3.63) is 62.3 Å². The number of Topliss-reactive ketones (excluding diaryl/α,β-unsaturated/α-hetero) is 1. The lowest BCUT2D eigenvalue weighted by Gasteiger charge is -2.10. The number of carbonyl (C=O) groups excluding carboxylic acids is 1. The second-order valence-electron chi connectivity index (χ2n) is 7.49. The van der Waals surface area contributed by atoms with Crippen LogP contribution >= 0.6 is 11.3 Å². The number of fused-ring (bicyclic) bond motifs is 3. The molecule has 3 aromatic heterocycles. The summed E-state index contributed by atoms with van der Waals surface area (Å²) < 4.78 is 5.13. The van der Waals surface area contributed by atoms with Gasteiger partial charge in [-0.1, -0.05) is 17.3 Å². The summed E-state index contributed by atoms with van der Waals surface area (Å²) in [5.74, 6) is -0.681. The van der Waals surface area contributed by atoms with Gasteiger partial charge in [0.2, 0.25) is 0 Å². The van der Waals surface area contributed by atoms with Crippen LogP contribution < -0.4 is 5.56 Å². The quantitative estimate of drug-likeness (QED) is 0.488. The van der Waals surface area contributed by atoms with Crippen LogP contribution in [0.4, 0.5) is 0 Å². The van der Waals surface area contributed by atoms with E-state index in [4.69, 9.17) is 4.52 Å². The van der Waals surface area contributed by atoms with Crippen LogP contribution in [0.5, 0.6) is 0 Å². The molecule has 0 aliphatic heterocycles. The molecule has 0 bridgehead atoms. The molecule has 1 atom stereocenters. The van der Waals surface area contributed by atoms with Gasteiger partial charge in [0.05, 0.1) is 11.5 Å². The maximum Gasteiger partial charge on any atom is 0.259 e. The molecule has 0 radical (unpaired) electrons. The van der Waals surface area contributed by atoms with Crippen molar-refractivity contribution in [3.63, 3.8) is 0 Å². The third kappa shape index (κ3) is 3.35. The van der Waals surface area contributed by atoms with Crippen LogP contribution in [0.15, 0.2) is 33.6 Å². The van der Waals surface area contributed by atoms with Crippen molar-refractivity contribution in [2.45, 2.75) is 38.5 Å². The topological polar surface area (TPSA) is 126 Å². The average molecular weight is 431 g/mol. The zero-order chi connectivity index (χ0) is 21.5. The van der Waals surface area contributed by atoms with Crippen LogP contribution in [0.3, 0.4) is 0 Å². The van der Waals surface area contributed by atoms with Crippen LogP contribution in [0.1, 0.15) is 51.2 Å². The fraction of sp³-hybridized carbons (Fsp3) is 0.273. The third-order valence-electron chi connectivity index (χ3n) is 5.45. The Morgan fingerprint density at radius 2 is 2.00 bits per heavy atom. The van der Waals surface area contributed by atoms with Gasteiger partial charge in [-0.15, -0.1) is 11.3 Å². The number of nitrogens with zero attached hydrogens (tertiary/aromatic N) is 4. The zero-order valence-electron chi connectivity index (χ0n) is 16.6. The van der Waals surface area contributed by atoms with Gasteiger partial charge in [0.1, 0.15) is 10.7 Å². The number of hydrogen-bond donors (Lipinski definition) is 1. The molecule has 1 aliphatic rings. The maximum absolute atomic E-state index is 13.0. The number of hydrogen-bond acceptors (Lipinski definition) is 8. The van der Waals surface area contributed by atoms with Crippen LogP contribution in [0, 0.1) is 18.3 Å². The lowest BCUT2D eigenvalue weighted by Crippen LogP contribution is -2.20. The largest absolute Gasteiger partial charge is 0.334 e. The monoisotopic (exact) mass is 431 g/mol. The number of thiophene rings is 1. The van der Waals surface area contributed by atoms with Gasteiger partial charge in [0.25, 0.3) is 11.4 Å². The van der Waals surface area contributed by atoms with Crippen LogP contribution in [0.2, 0.25) is 0 Å². The predicted molar refractivity (Wildman–Crippen MR) is 114 cm³/mol. The van der Waals surface area contributed by atoms with Crippen molar-refractivity contribution in [2.24, 2.45) is 0 Å². The molecule has 8 nitrogen and oxygen atoms in total. The lowest BCUT2D eigenvalue weighted by atomic mass is 9.96. The fourth-order valence-electron chi connectivity index (χ4n) is 3.92. The van der Waals surface area contributed by atoms with Crippen LogP contribution in [0.25, 0.3) is 21.7 Å². The van der Waals surface area contributed by atoms with Gasteiger partial charge in [-0.25, -0.2) is 4.98 Å². The van der Waals surface area contributed by atoms with E-state index in [1.165, 1.54) is 16.2 Å². The molecule has 5 rings (SSSR count). The molecule has 9 heteroatoms. The molecular weight excluding hydrogens is 414 g/mol. The summed E-state index contributed by atoms with van der Waals surface area (Å²) in [6, 6.07) is 8.56. The Morgan fingerprint density at radius 3 is 2.71 bits per heavy atom. The van der Waals surface area contributed by atoms with E-state index in [2.05, 4.69) is 20.1 Å². The number of aromatic amines is 1. The molecule has 1 aromatic carbocycles. The first-order chi connectivity index (χ1) is 15.0. The minimum absolute atomic E-state index is 0.0835. The Labute approximate surface area is 180 Å². The van der Waals surface area contributed by atoms with E-state index in [1.54, 1.807) is 31.2 Å². The molecule has 0 spiro atoms. The first-order valence-electron chi connectivity index (χ1n) is 9.94. The van der Waals surface area contributed by atoms with Gasteiger partial charge in [0, 0.05) is 16.0 Å². The first-order valence-corrected chi connectivity index (χ1v) is 10.8. The molecular formula is C22H17N5O3S. The number of ketones is 1. The van der Waals surface area contributed by atoms with Gasteiger partial charge < -0.3 is 9.51 Å². The Hall–Kier alpha value is -3.64. The Kier molecular flexibility index (Phi) is 4.71. The molecule has 31 heavy (non-hydrogen) atoms. The molecule has 0 saturated carbocycles. The first kappa shape index (κ1) is 19.3. The smallest absolute Gasteiger partial charge is 0.259 e. The number of nitrogens with one attached hydrogen (secondary N) is 1. The molecule has 3 heterocycles. The SMILES string of the molecule is Cc1noc(-c2ccc(C(=O)C(C#N)c3nc4sc5c(c4c(=O)[nH]3)CCCC5)cc2)n1. The Bertz CT molecular complexity index is 1410. The fourth-order valence-corrected chi connectivity index (χ4v) is 5.19. The van der Waals surface area contributed by atoms with Crippen molar-refractivity contribution in [1.29, 1.82) is 5.26 Å². The highest BCUT2D eigenvalue weighted by atomic mass is 32.1. The van der Waals surface area contributed by atoms with Gasteiger partial charge >= 0.3 is 0 Å². The average Bonchev–Trinajstić information content (AvgIpc) is 3.38. The number of aryl methyl sites for hydroxylation is 3. The molecule has 0 amide bonds. The lowest BCUT2D eigenvalue weighted by molar-refractivity contribution is 0.0976. The number of aromatic nitrogens is 4. The Morgan fingerprint density at radius 1 is 1.23 bits per heavy atom. The summed E-state index contributed by atoms with van der Waals surface area (Å²) in [5, 5.41) is 14.1. The standard InChI is InChI=1S/C22H17N5O3S/c1-11-24-21(30-27-11)13-8-6-12(7-9-13)18(28)15(10-23)19-25-20(29)17-14-4-2-3-5-16(14)31-22(17)26-19/h6-9,15H,2-5H2,1H3,(H,25,26,29). The molecule has 1 aliphatic carbocycles. The minimum Gasteiger partial charge on any atom is -0.334 e. The van der Waals surface area contributed by atoms with Crippen molar-refractivity contribution >= 4 is 27.3 Å². The highest BCUT2D eigenvalue weighted by Crippen LogP contribution is 2.34. The number of benzene rings is 1. The van der Waals surface area contributed by atoms with E-state index < -0.39 is 11.7 Å². The third-order valence-corrected chi connectivity index (χ3v) is 6.64. The normalized spacial score (nSPS) is 14.2. The van der Waals surface area contributed by atoms with Crippen LogP contribution in [-0.4, -0.2) is 25.9 Å². The Balaban J connectivity index is 1.49. The van der Waals surface area contributed by atoms with Crippen molar-refractivity contribution in [1.82, 2.24) is 20.1 Å². The predicted octanol–water partition coefficient (Wildman–Crippen LogP) is 3.71. The van der Waals surface area contributed by atoms with Gasteiger partial charge in [-0.2, -0.15) is 10.2 Å². The van der Waals surface area contributed by atoms with Crippen molar-refractivity contribution in [3.8, 4) is 17.5 Å². The van der Waals surface area contributed by atoms with Crippen molar-refractivity contribution < 1.29 is 9.32 Å². The molecule has 4 aromatic rings. The van der Waals surface area contributed by atoms with E-state index in [9.17, 15) is 14.9 Å². The highest BCUT2D eigenvalue weighted by Gasteiger charge is 2.27. The van der Waals surface area contributed by atoms with E-state index >= 15 is 0 Å². The van der Waals surface area contributed by atoms with Gasteiger partial charge in [-0.05, 0) is 50.3 Å². The second kappa shape index (κ2) is 7.56. The molecule has 0 saturated heterocycles. The van der Waals surface area contributed by atoms with E-state index in [0.29, 0.717) is 33.1 Å². The van der Waals surface area contributed by atoms with Gasteiger partial charge in [-0.3, -0.25) is 9.59 Å². The second-order valence-corrected chi connectivity index (χ2v) is 8.58. The number of rotatable bonds is 4. The molecule has 0 fully saturated rings. The number of H-pyrrole nitrogens is 1. The van der Waals surface area contributed by atoms with E-state index in [-0.39, 0.29) is 11.4 Å². The van der Waals surface area contributed by atoms with Crippen molar-refractivity contribution in [2.75, 3.05) is 0 Å². The summed E-state index contributed by atoms with van der Waals surface area (Å²) in [7, 11) is 0. The number of nitriles is 1. The van der Waals surface area contributed by atoms with E-state index in [0.717, 1.165) is 31.2 Å². The summed E-state index contributed by atoms with van der Waals surface area (Å²) in [6.45, 7) is 1.72. The zero-order valence-corrected chi connectivity index (χ0v) is 17.5. The van der Waals surface area contributed by atoms with Gasteiger partial charge in [0.15, 0.2) is 17.5 Å². The van der Waals surface area contributed by atoms with Crippen LogP contribution in [-0.2, 0) is 12.8 Å². The molecule has 1 N–H and O–H groups in total. The summed E-state index contributed by atoms with van der Waals surface area (Å²) in [6.07, 6.45) is 3.96. The molecule has 154 valence electrons. The molecule has 1 unspecified atom stereocenters. The number of carbonyl (C=O) groups is 1.